The lowest BCUT2D eigenvalue weighted by Crippen LogP contribution is -2.41. The van der Waals surface area contributed by atoms with Crippen LogP contribution in [0.4, 0.5) is 0 Å². The van der Waals surface area contributed by atoms with Gasteiger partial charge in [0.15, 0.2) is 0 Å². The van der Waals surface area contributed by atoms with Gasteiger partial charge in [-0.25, -0.2) is 0 Å². The first kappa shape index (κ1) is 16.7. The van der Waals surface area contributed by atoms with Gasteiger partial charge in [-0.3, -0.25) is 14.4 Å². The van der Waals surface area contributed by atoms with E-state index in [4.69, 9.17) is 4.74 Å². The summed E-state index contributed by atoms with van der Waals surface area (Å²) in [6, 6.07) is 12.3. The van der Waals surface area contributed by atoms with Crippen molar-refractivity contribution in [1.29, 1.82) is 0 Å². The van der Waals surface area contributed by atoms with E-state index in [1.165, 1.54) is 5.56 Å². The maximum Gasteiger partial charge on any atom is 0.221 e. The largest absolute Gasteiger partial charge is 0.375 e. The van der Waals surface area contributed by atoms with Gasteiger partial charge in [0, 0.05) is 32.9 Å². The van der Waals surface area contributed by atoms with Crippen molar-refractivity contribution in [2.24, 2.45) is 0 Å². The highest BCUT2D eigenvalue weighted by Gasteiger charge is 2.26. The molecule has 0 saturated heterocycles. The molecule has 1 aliphatic heterocycles. The molecule has 1 aromatic heterocycles. The van der Waals surface area contributed by atoms with E-state index in [2.05, 4.69) is 27.4 Å². The highest BCUT2D eigenvalue weighted by atomic mass is 16.5. The molecule has 1 aromatic carbocycles. The fourth-order valence-electron chi connectivity index (χ4n) is 3.06. The van der Waals surface area contributed by atoms with Crippen molar-refractivity contribution in [1.82, 2.24) is 20.0 Å². The summed E-state index contributed by atoms with van der Waals surface area (Å²) in [5.41, 5.74) is 2.34. The SMILES string of the molecule is CNC(=O)C[C@@H]1CN(CCOCc2ccccc2)Cc2ccnn21. The van der Waals surface area contributed by atoms with Crippen molar-refractivity contribution in [2.75, 3.05) is 26.7 Å². The van der Waals surface area contributed by atoms with Crippen LogP contribution in [0.25, 0.3) is 0 Å². The zero-order valence-corrected chi connectivity index (χ0v) is 14.0. The van der Waals surface area contributed by atoms with Gasteiger partial charge in [-0.2, -0.15) is 5.10 Å². The van der Waals surface area contributed by atoms with Gasteiger partial charge < -0.3 is 10.1 Å². The van der Waals surface area contributed by atoms with Crippen LogP contribution in [0.5, 0.6) is 0 Å². The average Bonchev–Trinajstić information content (AvgIpc) is 3.08. The van der Waals surface area contributed by atoms with Crippen LogP contribution in [0.1, 0.15) is 23.7 Å². The second kappa shape index (κ2) is 8.08. The van der Waals surface area contributed by atoms with Gasteiger partial charge in [0.1, 0.15) is 0 Å². The topological polar surface area (TPSA) is 59.4 Å². The highest BCUT2D eigenvalue weighted by molar-refractivity contribution is 5.76. The molecule has 2 heterocycles. The Morgan fingerprint density at radius 2 is 2.17 bits per heavy atom. The minimum absolute atomic E-state index is 0.0450. The van der Waals surface area contributed by atoms with Crippen LogP contribution in [-0.4, -0.2) is 47.3 Å². The molecule has 0 spiro atoms. The standard InChI is InChI=1S/C18H24N4O2/c1-19-18(23)11-17-13-21(12-16-7-8-20-22(16)17)9-10-24-14-15-5-3-2-4-6-15/h2-8,17H,9-14H2,1H3,(H,19,23)/t17-/m1/s1. The molecule has 1 atom stereocenters. The predicted molar refractivity (Wildman–Crippen MR) is 91.3 cm³/mol. The molecular formula is C18H24N4O2. The van der Waals surface area contributed by atoms with E-state index in [1.807, 2.05) is 35.1 Å². The molecular weight excluding hydrogens is 304 g/mol. The van der Waals surface area contributed by atoms with Crippen LogP contribution >= 0.6 is 0 Å². The molecule has 1 amide bonds. The lowest BCUT2D eigenvalue weighted by molar-refractivity contribution is -0.121. The smallest absolute Gasteiger partial charge is 0.221 e. The van der Waals surface area contributed by atoms with E-state index < -0.39 is 0 Å². The van der Waals surface area contributed by atoms with Crippen LogP contribution in [0, 0.1) is 0 Å². The summed E-state index contributed by atoms with van der Waals surface area (Å²) < 4.78 is 7.77. The van der Waals surface area contributed by atoms with E-state index >= 15 is 0 Å². The lowest BCUT2D eigenvalue weighted by Gasteiger charge is -2.33. The number of aromatic nitrogens is 2. The van der Waals surface area contributed by atoms with Crippen LogP contribution in [-0.2, 0) is 22.7 Å². The fourth-order valence-corrected chi connectivity index (χ4v) is 3.06. The molecule has 0 fully saturated rings. The molecule has 1 aliphatic rings. The third kappa shape index (κ3) is 4.21. The molecule has 2 aromatic rings. The zero-order chi connectivity index (χ0) is 16.8. The first-order chi connectivity index (χ1) is 11.8. The van der Waals surface area contributed by atoms with Crippen molar-refractivity contribution in [2.45, 2.75) is 25.6 Å². The van der Waals surface area contributed by atoms with E-state index in [0.29, 0.717) is 19.6 Å². The van der Waals surface area contributed by atoms with Crippen molar-refractivity contribution >= 4 is 5.91 Å². The molecule has 24 heavy (non-hydrogen) atoms. The number of benzene rings is 1. The third-order valence-corrected chi connectivity index (χ3v) is 4.32. The number of fused-ring (bicyclic) bond motifs is 1. The molecule has 6 heteroatoms. The Kier molecular flexibility index (Phi) is 5.61. The number of carbonyl (C=O) groups is 1. The number of carbonyl (C=O) groups excluding carboxylic acids is 1. The Morgan fingerprint density at radius 1 is 1.33 bits per heavy atom. The third-order valence-electron chi connectivity index (χ3n) is 4.32. The Morgan fingerprint density at radius 3 is 2.96 bits per heavy atom. The fraction of sp³-hybridized carbons (Fsp3) is 0.444. The summed E-state index contributed by atoms with van der Waals surface area (Å²) in [6.45, 7) is 3.82. The van der Waals surface area contributed by atoms with E-state index in [-0.39, 0.29) is 11.9 Å². The lowest BCUT2D eigenvalue weighted by atomic mass is 10.1. The minimum atomic E-state index is 0.0450. The monoisotopic (exact) mass is 328 g/mol. The first-order valence-electron chi connectivity index (χ1n) is 8.33. The minimum Gasteiger partial charge on any atom is -0.375 e. The summed E-state index contributed by atoms with van der Waals surface area (Å²) in [6.07, 6.45) is 2.26. The molecule has 0 unspecified atom stereocenters. The number of amides is 1. The molecule has 0 aliphatic carbocycles. The van der Waals surface area contributed by atoms with Gasteiger partial charge in [-0.05, 0) is 11.6 Å². The Balaban J connectivity index is 1.50. The molecule has 3 rings (SSSR count). The predicted octanol–water partition coefficient (Wildman–Crippen LogP) is 1.59. The van der Waals surface area contributed by atoms with Crippen LogP contribution in [0.3, 0.4) is 0 Å². The van der Waals surface area contributed by atoms with Crippen molar-refractivity contribution in [3.05, 3.63) is 53.9 Å². The Bertz CT molecular complexity index is 656. The van der Waals surface area contributed by atoms with Gasteiger partial charge in [0.25, 0.3) is 0 Å². The van der Waals surface area contributed by atoms with Gasteiger partial charge in [0.05, 0.1) is 31.4 Å². The second-order valence-corrected chi connectivity index (χ2v) is 6.07. The second-order valence-electron chi connectivity index (χ2n) is 6.07. The maximum atomic E-state index is 11.7. The van der Waals surface area contributed by atoms with E-state index in [9.17, 15) is 4.79 Å². The molecule has 6 nitrogen and oxygen atoms in total. The van der Waals surface area contributed by atoms with Crippen LogP contribution < -0.4 is 5.32 Å². The van der Waals surface area contributed by atoms with Crippen molar-refractivity contribution in [3.8, 4) is 0 Å². The van der Waals surface area contributed by atoms with Gasteiger partial charge in [-0.15, -0.1) is 0 Å². The number of nitrogens with one attached hydrogen (secondary N) is 1. The molecule has 0 saturated carbocycles. The van der Waals surface area contributed by atoms with E-state index in [0.717, 1.165) is 25.3 Å². The number of hydrogen-bond acceptors (Lipinski definition) is 4. The van der Waals surface area contributed by atoms with Crippen LogP contribution in [0.15, 0.2) is 42.6 Å². The summed E-state index contributed by atoms with van der Waals surface area (Å²) in [5.74, 6) is 0.0450. The summed E-state index contributed by atoms with van der Waals surface area (Å²) >= 11 is 0. The Hall–Kier alpha value is -2.18. The van der Waals surface area contributed by atoms with Gasteiger partial charge in [0.2, 0.25) is 5.91 Å². The number of ether oxygens (including phenoxy) is 1. The van der Waals surface area contributed by atoms with Crippen molar-refractivity contribution in [3.63, 3.8) is 0 Å². The Labute approximate surface area is 142 Å². The summed E-state index contributed by atoms with van der Waals surface area (Å²) in [5, 5.41) is 7.07. The number of nitrogens with zero attached hydrogens (tertiary/aromatic N) is 3. The number of hydrogen-bond donors (Lipinski definition) is 1. The highest BCUT2D eigenvalue weighted by Crippen LogP contribution is 2.22. The van der Waals surface area contributed by atoms with Crippen molar-refractivity contribution < 1.29 is 9.53 Å². The summed E-state index contributed by atoms with van der Waals surface area (Å²) in [4.78, 5) is 14.1. The zero-order valence-electron chi connectivity index (χ0n) is 14.0. The first-order valence-corrected chi connectivity index (χ1v) is 8.33. The van der Waals surface area contributed by atoms with E-state index in [1.54, 1.807) is 7.05 Å². The average molecular weight is 328 g/mol. The number of rotatable bonds is 7. The molecule has 1 N–H and O–H groups in total. The van der Waals surface area contributed by atoms with Crippen LogP contribution in [0.2, 0.25) is 0 Å². The van der Waals surface area contributed by atoms with Gasteiger partial charge >= 0.3 is 0 Å². The molecule has 0 radical (unpaired) electrons. The normalized spacial score (nSPS) is 17.5. The summed E-state index contributed by atoms with van der Waals surface area (Å²) in [7, 11) is 1.67. The van der Waals surface area contributed by atoms with Gasteiger partial charge in [-0.1, -0.05) is 30.3 Å². The quantitative estimate of drug-likeness (QED) is 0.784. The molecule has 0 bridgehead atoms. The molecule has 128 valence electrons. The maximum absolute atomic E-state index is 11.7.